The lowest BCUT2D eigenvalue weighted by molar-refractivity contribution is -0.120. The van der Waals surface area contributed by atoms with Crippen LogP contribution in [0.5, 0.6) is 0 Å². The quantitative estimate of drug-likeness (QED) is 0.421. The number of hydrogen-bond acceptors (Lipinski definition) is 4. The van der Waals surface area contributed by atoms with Crippen molar-refractivity contribution >= 4 is 21.8 Å². The van der Waals surface area contributed by atoms with E-state index in [0.717, 1.165) is 11.1 Å². The molecule has 2 rings (SSSR count). The molecule has 0 spiro atoms. The minimum Gasteiger partial charge on any atom is -0.353 e. The summed E-state index contributed by atoms with van der Waals surface area (Å²) in [6, 6.07) is 15.9. The van der Waals surface area contributed by atoms with Crippen LogP contribution in [-0.4, -0.2) is 44.7 Å². The van der Waals surface area contributed by atoms with Gasteiger partial charge in [-0.3, -0.25) is 9.59 Å². The third kappa shape index (κ3) is 7.13. The molecule has 0 saturated carbocycles. The standard InChI is InChI=1S/C22H27N3O4S/c1-3-21(26)23-14-7-15-25(2)30(28,29)20-12-10-18(11-13-20)16-22(27)24-17-19-8-5-4-6-9-19/h3-6,8-13H,1,7,14-17H2,2H3,(H,23,26)(H,24,27). The normalized spacial score (nSPS) is 11.1. The summed E-state index contributed by atoms with van der Waals surface area (Å²) in [5.41, 5.74) is 1.74. The lowest BCUT2D eigenvalue weighted by Gasteiger charge is -2.17. The molecule has 7 nitrogen and oxygen atoms in total. The lowest BCUT2D eigenvalue weighted by Crippen LogP contribution is -2.31. The van der Waals surface area contributed by atoms with Crippen LogP contribution in [0.25, 0.3) is 0 Å². The molecular weight excluding hydrogens is 402 g/mol. The fourth-order valence-corrected chi connectivity index (χ4v) is 3.92. The van der Waals surface area contributed by atoms with Gasteiger partial charge < -0.3 is 10.6 Å². The maximum Gasteiger partial charge on any atom is 0.243 e. The molecule has 0 aliphatic rings. The number of nitrogens with one attached hydrogen (secondary N) is 2. The Labute approximate surface area is 177 Å². The molecule has 0 aliphatic carbocycles. The summed E-state index contributed by atoms with van der Waals surface area (Å²) in [5, 5.41) is 5.46. The number of sulfonamides is 1. The second kappa shape index (κ2) is 11.3. The highest BCUT2D eigenvalue weighted by Crippen LogP contribution is 2.16. The molecule has 0 saturated heterocycles. The van der Waals surface area contributed by atoms with Crippen molar-refractivity contribution in [1.82, 2.24) is 14.9 Å². The molecule has 0 heterocycles. The Morgan fingerprint density at radius 2 is 1.67 bits per heavy atom. The fraction of sp³-hybridized carbons (Fsp3) is 0.273. The van der Waals surface area contributed by atoms with Crippen molar-refractivity contribution in [2.24, 2.45) is 0 Å². The maximum absolute atomic E-state index is 12.7. The number of amides is 2. The van der Waals surface area contributed by atoms with E-state index in [-0.39, 0.29) is 29.7 Å². The van der Waals surface area contributed by atoms with Crippen molar-refractivity contribution in [2.75, 3.05) is 20.1 Å². The van der Waals surface area contributed by atoms with Gasteiger partial charge in [0.15, 0.2) is 0 Å². The van der Waals surface area contributed by atoms with Gasteiger partial charge in [-0.15, -0.1) is 0 Å². The van der Waals surface area contributed by atoms with E-state index >= 15 is 0 Å². The van der Waals surface area contributed by atoms with E-state index in [4.69, 9.17) is 0 Å². The topological polar surface area (TPSA) is 95.6 Å². The van der Waals surface area contributed by atoms with Gasteiger partial charge in [0, 0.05) is 26.7 Å². The molecule has 2 aromatic rings. The van der Waals surface area contributed by atoms with Gasteiger partial charge in [-0.05, 0) is 35.8 Å². The Balaban J connectivity index is 1.86. The van der Waals surface area contributed by atoms with Crippen LogP contribution < -0.4 is 10.6 Å². The molecule has 0 unspecified atom stereocenters. The SMILES string of the molecule is C=CC(=O)NCCCN(C)S(=O)(=O)c1ccc(CC(=O)NCc2ccccc2)cc1. The Hall–Kier alpha value is -2.97. The monoisotopic (exact) mass is 429 g/mol. The van der Waals surface area contributed by atoms with Gasteiger partial charge in [0.25, 0.3) is 0 Å². The van der Waals surface area contributed by atoms with E-state index in [1.54, 1.807) is 12.1 Å². The third-order valence-corrected chi connectivity index (χ3v) is 6.33. The van der Waals surface area contributed by atoms with Crippen molar-refractivity contribution in [3.63, 3.8) is 0 Å². The Morgan fingerprint density at radius 3 is 2.30 bits per heavy atom. The lowest BCUT2D eigenvalue weighted by atomic mass is 10.1. The molecule has 160 valence electrons. The molecule has 0 bridgehead atoms. The average molecular weight is 430 g/mol. The highest BCUT2D eigenvalue weighted by molar-refractivity contribution is 7.89. The second-order valence-corrected chi connectivity index (χ2v) is 8.80. The molecule has 0 radical (unpaired) electrons. The number of rotatable bonds is 11. The van der Waals surface area contributed by atoms with E-state index in [1.807, 2.05) is 30.3 Å². The smallest absolute Gasteiger partial charge is 0.243 e. The van der Waals surface area contributed by atoms with Crippen molar-refractivity contribution in [3.8, 4) is 0 Å². The summed E-state index contributed by atoms with van der Waals surface area (Å²) in [6.07, 6.45) is 1.82. The van der Waals surface area contributed by atoms with E-state index in [9.17, 15) is 18.0 Å². The first-order valence-electron chi connectivity index (χ1n) is 9.59. The molecule has 2 amide bonds. The Bertz CT molecular complexity index is 958. The molecule has 2 aromatic carbocycles. The van der Waals surface area contributed by atoms with Gasteiger partial charge in [-0.2, -0.15) is 0 Å². The van der Waals surface area contributed by atoms with Crippen molar-refractivity contribution in [3.05, 3.63) is 78.4 Å². The van der Waals surface area contributed by atoms with Crippen LogP contribution in [0.3, 0.4) is 0 Å². The average Bonchev–Trinajstić information content (AvgIpc) is 2.76. The molecule has 8 heteroatoms. The Kier molecular flexibility index (Phi) is 8.76. The largest absolute Gasteiger partial charge is 0.353 e. The predicted molar refractivity (Wildman–Crippen MR) is 116 cm³/mol. The number of nitrogens with zero attached hydrogens (tertiary/aromatic N) is 1. The van der Waals surface area contributed by atoms with Crippen LogP contribution in [0.15, 0.2) is 72.1 Å². The van der Waals surface area contributed by atoms with Crippen LogP contribution in [0.1, 0.15) is 17.5 Å². The summed E-state index contributed by atoms with van der Waals surface area (Å²) in [5.74, 6) is -0.419. The van der Waals surface area contributed by atoms with Crippen LogP contribution >= 0.6 is 0 Å². The number of benzene rings is 2. The highest BCUT2D eigenvalue weighted by Gasteiger charge is 2.20. The summed E-state index contributed by atoms with van der Waals surface area (Å²) in [7, 11) is -2.14. The maximum atomic E-state index is 12.7. The second-order valence-electron chi connectivity index (χ2n) is 6.76. The van der Waals surface area contributed by atoms with Crippen LogP contribution in [0.4, 0.5) is 0 Å². The van der Waals surface area contributed by atoms with Gasteiger partial charge >= 0.3 is 0 Å². The number of carbonyl (C=O) groups is 2. The predicted octanol–water partition coefficient (Wildman–Crippen LogP) is 1.86. The highest BCUT2D eigenvalue weighted by atomic mass is 32.2. The summed E-state index contributed by atoms with van der Waals surface area (Å²) < 4.78 is 26.5. The van der Waals surface area contributed by atoms with Crippen LogP contribution in [0.2, 0.25) is 0 Å². The van der Waals surface area contributed by atoms with Gasteiger partial charge in [-0.25, -0.2) is 12.7 Å². The van der Waals surface area contributed by atoms with Gasteiger partial charge in [0.2, 0.25) is 21.8 Å². The first-order chi connectivity index (χ1) is 14.3. The van der Waals surface area contributed by atoms with Crippen LogP contribution in [-0.2, 0) is 32.6 Å². The van der Waals surface area contributed by atoms with Crippen molar-refractivity contribution in [1.29, 1.82) is 0 Å². The first-order valence-corrected chi connectivity index (χ1v) is 11.0. The van der Waals surface area contributed by atoms with Gasteiger partial charge in [0.1, 0.15) is 0 Å². The molecule has 2 N–H and O–H groups in total. The third-order valence-electron chi connectivity index (χ3n) is 4.46. The van der Waals surface area contributed by atoms with Crippen molar-refractivity contribution in [2.45, 2.75) is 24.3 Å². The van der Waals surface area contributed by atoms with Crippen LogP contribution in [0, 0.1) is 0 Å². The molecule has 0 aromatic heterocycles. The van der Waals surface area contributed by atoms with E-state index in [0.29, 0.717) is 19.5 Å². The summed E-state index contributed by atoms with van der Waals surface area (Å²) >= 11 is 0. The fourth-order valence-electron chi connectivity index (χ4n) is 2.71. The first kappa shape index (κ1) is 23.3. The van der Waals surface area contributed by atoms with E-state index < -0.39 is 10.0 Å². The minimum atomic E-state index is -3.64. The zero-order valence-electron chi connectivity index (χ0n) is 17.0. The molecule has 0 fully saturated rings. The summed E-state index contributed by atoms with van der Waals surface area (Å²) in [4.78, 5) is 23.4. The van der Waals surface area contributed by atoms with Gasteiger partial charge in [0.05, 0.1) is 11.3 Å². The minimum absolute atomic E-state index is 0.131. The molecular formula is C22H27N3O4S. The van der Waals surface area contributed by atoms with Crippen molar-refractivity contribution < 1.29 is 18.0 Å². The van der Waals surface area contributed by atoms with Gasteiger partial charge in [-0.1, -0.05) is 49.0 Å². The molecule has 0 atom stereocenters. The van der Waals surface area contributed by atoms with E-state index in [1.165, 1.54) is 29.6 Å². The van der Waals surface area contributed by atoms with E-state index in [2.05, 4.69) is 17.2 Å². The zero-order chi connectivity index (χ0) is 22.0. The molecule has 0 aliphatic heterocycles. The number of hydrogen-bond donors (Lipinski definition) is 2. The number of carbonyl (C=O) groups excluding carboxylic acids is 2. The summed E-state index contributed by atoms with van der Waals surface area (Å²) in [6.45, 7) is 4.44. The zero-order valence-corrected chi connectivity index (χ0v) is 17.8. The molecule has 30 heavy (non-hydrogen) atoms. The Morgan fingerprint density at radius 1 is 1.00 bits per heavy atom.